The number of ether oxygens (including phenoxy) is 1. The van der Waals surface area contributed by atoms with E-state index in [1.807, 2.05) is 20.8 Å². The number of carbonyl (C=O) groups excluding carboxylic acids is 4. The van der Waals surface area contributed by atoms with Crippen molar-refractivity contribution in [3.8, 4) is 0 Å². The number of thioether (sulfide) groups is 1. The normalized spacial score (nSPS) is 20.5. The SMILES string of the molecule is CC(C)(C)OC(=O)N[C@@H]1CCCN(c2ccc(C(N)=O)cc2C=C2SC(=O)NC2=O)C1. The van der Waals surface area contributed by atoms with E-state index in [1.54, 1.807) is 24.3 Å². The molecule has 4 N–H and O–H groups in total. The van der Waals surface area contributed by atoms with Crippen molar-refractivity contribution in [2.24, 2.45) is 5.73 Å². The molecule has 2 heterocycles. The molecule has 31 heavy (non-hydrogen) atoms. The van der Waals surface area contributed by atoms with Gasteiger partial charge in [-0.1, -0.05) is 0 Å². The Morgan fingerprint density at radius 1 is 1.32 bits per heavy atom. The number of primary amides is 1. The van der Waals surface area contributed by atoms with E-state index in [-0.39, 0.29) is 10.9 Å². The molecule has 4 amide bonds. The van der Waals surface area contributed by atoms with E-state index in [2.05, 4.69) is 15.5 Å². The van der Waals surface area contributed by atoms with Gasteiger partial charge >= 0.3 is 6.09 Å². The second kappa shape index (κ2) is 9.01. The summed E-state index contributed by atoms with van der Waals surface area (Å²) in [5, 5.41) is 4.68. The van der Waals surface area contributed by atoms with Crippen LogP contribution in [-0.4, -0.2) is 47.9 Å². The predicted octanol–water partition coefficient (Wildman–Crippen LogP) is 2.60. The van der Waals surface area contributed by atoms with E-state index in [9.17, 15) is 19.2 Å². The number of imide groups is 1. The molecule has 0 saturated carbocycles. The van der Waals surface area contributed by atoms with Crippen molar-refractivity contribution in [3.05, 3.63) is 34.2 Å². The number of anilines is 1. The summed E-state index contributed by atoms with van der Waals surface area (Å²) in [7, 11) is 0. The average Bonchev–Trinajstić information content (AvgIpc) is 2.97. The minimum absolute atomic E-state index is 0.120. The highest BCUT2D eigenvalue weighted by Gasteiger charge is 2.28. The first-order valence-corrected chi connectivity index (χ1v) is 10.8. The average molecular weight is 447 g/mol. The molecule has 0 unspecified atom stereocenters. The van der Waals surface area contributed by atoms with E-state index >= 15 is 0 Å². The van der Waals surface area contributed by atoms with Gasteiger partial charge in [-0.2, -0.15) is 0 Å². The molecule has 9 nitrogen and oxygen atoms in total. The summed E-state index contributed by atoms with van der Waals surface area (Å²) < 4.78 is 5.35. The molecule has 0 aliphatic carbocycles. The number of hydrogen-bond acceptors (Lipinski definition) is 7. The summed E-state index contributed by atoms with van der Waals surface area (Å²) in [6, 6.07) is 4.87. The van der Waals surface area contributed by atoms with Gasteiger partial charge in [0, 0.05) is 30.4 Å². The maximum Gasteiger partial charge on any atom is 0.407 e. The first-order valence-electron chi connectivity index (χ1n) is 9.95. The molecule has 0 aromatic heterocycles. The second-order valence-corrected chi connectivity index (χ2v) is 9.44. The van der Waals surface area contributed by atoms with E-state index in [0.717, 1.165) is 36.8 Å². The second-order valence-electron chi connectivity index (χ2n) is 8.42. The fourth-order valence-electron chi connectivity index (χ4n) is 3.46. The van der Waals surface area contributed by atoms with Gasteiger partial charge in [-0.05, 0) is 75.2 Å². The third-order valence-corrected chi connectivity index (χ3v) is 5.53. The van der Waals surface area contributed by atoms with Crippen LogP contribution in [0.4, 0.5) is 15.3 Å². The predicted molar refractivity (Wildman–Crippen MR) is 119 cm³/mol. The molecular formula is C21H26N4O5S. The summed E-state index contributed by atoms with van der Waals surface area (Å²) in [5.74, 6) is -1.07. The van der Waals surface area contributed by atoms with Gasteiger partial charge in [-0.15, -0.1) is 0 Å². The standard InChI is InChI=1S/C21H26N4O5S/c1-21(2,3)30-19(28)23-14-5-4-8-25(11-14)15-7-6-12(17(22)26)9-13(15)10-16-18(27)24-20(29)31-16/h6-7,9-10,14H,4-5,8,11H2,1-3H3,(H2,22,26)(H,23,28)(H,24,27,29)/t14-/m1/s1. The van der Waals surface area contributed by atoms with Gasteiger partial charge in [0.2, 0.25) is 5.91 Å². The third kappa shape index (κ3) is 6.00. The number of hydrogen-bond donors (Lipinski definition) is 3. The lowest BCUT2D eigenvalue weighted by Crippen LogP contribution is -2.49. The Hall–Kier alpha value is -3.01. The molecule has 10 heteroatoms. The summed E-state index contributed by atoms with van der Waals surface area (Å²) in [4.78, 5) is 49.7. The van der Waals surface area contributed by atoms with Gasteiger partial charge in [-0.25, -0.2) is 4.79 Å². The fraction of sp³-hybridized carbons (Fsp3) is 0.429. The number of nitrogens with two attached hydrogens (primary N) is 1. The summed E-state index contributed by atoms with van der Waals surface area (Å²) >= 11 is 0.806. The van der Waals surface area contributed by atoms with Crippen molar-refractivity contribution < 1.29 is 23.9 Å². The van der Waals surface area contributed by atoms with Crippen molar-refractivity contribution in [3.63, 3.8) is 0 Å². The Labute approximate surface area is 184 Å². The highest BCUT2D eigenvalue weighted by Crippen LogP contribution is 2.31. The molecule has 166 valence electrons. The first-order chi connectivity index (χ1) is 14.5. The third-order valence-electron chi connectivity index (χ3n) is 4.72. The van der Waals surface area contributed by atoms with E-state index in [1.165, 1.54) is 0 Å². The number of nitrogens with zero attached hydrogens (tertiary/aromatic N) is 1. The van der Waals surface area contributed by atoms with Gasteiger partial charge in [-0.3, -0.25) is 19.7 Å². The minimum atomic E-state index is -0.589. The lowest BCUT2D eigenvalue weighted by molar-refractivity contribution is -0.115. The van der Waals surface area contributed by atoms with Crippen molar-refractivity contribution in [1.82, 2.24) is 10.6 Å². The van der Waals surface area contributed by atoms with E-state index < -0.39 is 28.7 Å². The van der Waals surface area contributed by atoms with Gasteiger partial charge in [0.15, 0.2) is 0 Å². The number of carbonyl (C=O) groups is 4. The topological polar surface area (TPSA) is 131 Å². The largest absolute Gasteiger partial charge is 0.444 e. The van der Waals surface area contributed by atoms with Crippen LogP contribution in [0.2, 0.25) is 0 Å². The Bertz CT molecular complexity index is 954. The maximum atomic E-state index is 12.2. The van der Waals surface area contributed by atoms with Crippen LogP contribution < -0.4 is 21.3 Å². The lowest BCUT2D eigenvalue weighted by Gasteiger charge is -2.36. The molecule has 0 spiro atoms. The Morgan fingerprint density at radius 3 is 2.68 bits per heavy atom. The number of amides is 4. The summed E-state index contributed by atoms with van der Waals surface area (Å²) in [6.07, 6.45) is 2.75. The van der Waals surface area contributed by atoms with Crippen molar-refractivity contribution in [2.75, 3.05) is 18.0 Å². The summed E-state index contributed by atoms with van der Waals surface area (Å²) in [6.45, 7) is 6.69. The Kier molecular flexibility index (Phi) is 6.59. The molecule has 2 aliphatic rings. The molecule has 2 aliphatic heterocycles. The van der Waals surface area contributed by atoms with Crippen LogP contribution >= 0.6 is 11.8 Å². The Morgan fingerprint density at radius 2 is 2.06 bits per heavy atom. The number of piperidine rings is 1. The highest BCUT2D eigenvalue weighted by molar-refractivity contribution is 8.18. The first kappa shape index (κ1) is 22.7. The zero-order valence-corrected chi connectivity index (χ0v) is 18.5. The molecule has 2 saturated heterocycles. The molecule has 0 bridgehead atoms. The molecule has 3 rings (SSSR count). The van der Waals surface area contributed by atoms with Crippen molar-refractivity contribution in [2.45, 2.75) is 45.3 Å². The molecule has 1 atom stereocenters. The molecule has 2 fully saturated rings. The number of rotatable bonds is 4. The van der Waals surface area contributed by atoms with Crippen molar-refractivity contribution in [1.29, 1.82) is 0 Å². The monoisotopic (exact) mass is 446 g/mol. The molecular weight excluding hydrogens is 420 g/mol. The fourth-order valence-corrected chi connectivity index (χ4v) is 4.13. The minimum Gasteiger partial charge on any atom is -0.444 e. The number of alkyl carbamates (subject to hydrolysis) is 1. The van der Waals surface area contributed by atoms with Crippen LogP contribution in [0.15, 0.2) is 23.1 Å². The van der Waals surface area contributed by atoms with Gasteiger partial charge in [0.1, 0.15) is 5.60 Å². The Balaban J connectivity index is 1.84. The van der Waals surface area contributed by atoms with Crippen LogP contribution in [0.3, 0.4) is 0 Å². The van der Waals surface area contributed by atoms with Crippen molar-refractivity contribution >= 4 is 46.7 Å². The van der Waals surface area contributed by atoms with Crippen LogP contribution in [0.1, 0.15) is 49.5 Å². The zero-order chi connectivity index (χ0) is 22.8. The van der Waals surface area contributed by atoms with E-state index in [4.69, 9.17) is 10.5 Å². The van der Waals surface area contributed by atoms with Crippen LogP contribution in [0.25, 0.3) is 6.08 Å². The van der Waals surface area contributed by atoms with E-state index in [0.29, 0.717) is 17.7 Å². The lowest BCUT2D eigenvalue weighted by atomic mass is 10.0. The van der Waals surface area contributed by atoms with Crippen LogP contribution in [0.5, 0.6) is 0 Å². The van der Waals surface area contributed by atoms with Gasteiger partial charge in [0.25, 0.3) is 11.1 Å². The van der Waals surface area contributed by atoms with Gasteiger partial charge in [0.05, 0.1) is 4.91 Å². The number of benzene rings is 1. The number of nitrogens with one attached hydrogen (secondary N) is 2. The van der Waals surface area contributed by atoms with Crippen LogP contribution in [0, 0.1) is 0 Å². The quantitative estimate of drug-likeness (QED) is 0.606. The highest BCUT2D eigenvalue weighted by atomic mass is 32.2. The van der Waals surface area contributed by atoms with Crippen LogP contribution in [-0.2, 0) is 9.53 Å². The zero-order valence-electron chi connectivity index (χ0n) is 17.7. The maximum absolute atomic E-state index is 12.2. The molecule has 1 aromatic carbocycles. The van der Waals surface area contributed by atoms with Gasteiger partial charge < -0.3 is 20.7 Å². The molecule has 0 radical (unpaired) electrons. The molecule has 1 aromatic rings. The summed E-state index contributed by atoms with van der Waals surface area (Å²) in [5.41, 5.74) is 6.51. The smallest absolute Gasteiger partial charge is 0.407 e.